The van der Waals surface area contributed by atoms with Crippen molar-refractivity contribution in [3.63, 3.8) is 0 Å². The second-order valence-electron chi connectivity index (χ2n) is 6.27. The maximum Gasteiger partial charge on any atom is 0.193 e. The van der Waals surface area contributed by atoms with Gasteiger partial charge in [0, 0.05) is 25.7 Å². The molecule has 0 aliphatic carbocycles. The smallest absolute Gasteiger partial charge is 0.193 e. The van der Waals surface area contributed by atoms with Gasteiger partial charge in [0.1, 0.15) is 17.2 Å². The number of nitrogens with zero attached hydrogens (tertiary/aromatic N) is 2. The van der Waals surface area contributed by atoms with Crippen molar-refractivity contribution in [3.05, 3.63) is 71.3 Å². The molecular formula is C19H23F2N3O. The summed E-state index contributed by atoms with van der Waals surface area (Å²) < 4.78 is 27.0. The average Bonchev–Trinajstić information content (AvgIpc) is 2.55. The van der Waals surface area contributed by atoms with Crippen molar-refractivity contribution in [2.75, 3.05) is 20.6 Å². The third-order valence-electron chi connectivity index (χ3n) is 3.78. The van der Waals surface area contributed by atoms with E-state index < -0.39 is 17.2 Å². The van der Waals surface area contributed by atoms with Gasteiger partial charge >= 0.3 is 0 Å². The van der Waals surface area contributed by atoms with Crippen molar-refractivity contribution in [2.24, 2.45) is 4.99 Å². The van der Waals surface area contributed by atoms with Crippen LogP contribution in [0, 0.1) is 11.6 Å². The second-order valence-corrected chi connectivity index (χ2v) is 6.27. The van der Waals surface area contributed by atoms with Gasteiger partial charge in [-0.3, -0.25) is 0 Å². The minimum atomic E-state index is -1.51. The first-order chi connectivity index (χ1) is 11.8. The molecule has 1 atom stereocenters. The zero-order valence-corrected chi connectivity index (χ0v) is 14.6. The average molecular weight is 347 g/mol. The number of rotatable bonds is 5. The lowest BCUT2D eigenvalue weighted by Gasteiger charge is -2.27. The van der Waals surface area contributed by atoms with Crippen LogP contribution in [-0.2, 0) is 12.1 Å². The number of nitrogens with one attached hydrogen (secondary N) is 1. The Morgan fingerprint density at radius 2 is 1.84 bits per heavy atom. The summed E-state index contributed by atoms with van der Waals surface area (Å²) in [6, 6.07) is 12.9. The van der Waals surface area contributed by atoms with Crippen molar-refractivity contribution < 1.29 is 13.9 Å². The standard InChI is InChI=1S/C19H23F2N3O/c1-19(25,16-10-9-15(20)11-17(16)21)13-23-18(24(2)3)22-12-14-7-5-4-6-8-14/h4-11,25H,12-13H2,1-3H3,(H,22,23). The molecule has 0 radical (unpaired) electrons. The highest BCUT2D eigenvalue weighted by Crippen LogP contribution is 2.23. The van der Waals surface area contributed by atoms with Crippen LogP contribution in [0.5, 0.6) is 0 Å². The predicted molar refractivity (Wildman–Crippen MR) is 95.2 cm³/mol. The minimum absolute atomic E-state index is 0.0291. The molecular weight excluding hydrogens is 324 g/mol. The van der Waals surface area contributed by atoms with E-state index in [4.69, 9.17) is 0 Å². The van der Waals surface area contributed by atoms with Crippen LogP contribution >= 0.6 is 0 Å². The summed E-state index contributed by atoms with van der Waals surface area (Å²) in [7, 11) is 3.65. The molecule has 0 fully saturated rings. The van der Waals surface area contributed by atoms with Gasteiger partial charge in [0.15, 0.2) is 5.96 Å². The number of halogens is 2. The van der Waals surface area contributed by atoms with Gasteiger partial charge in [0.2, 0.25) is 0 Å². The molecule has 2 aromatic rings. The Labute approximate surface area is 146 Å². The van der Waals surface area contributed by atoms with Crippen molar-refractivity contribution in [2.45, 2.75) is 19.1 Å². The Morgan fingerprint density at radius 3 is 2.44 bits per heavy atom. The van der Waals surface area contributed by atoms with Crippen molar-refractivity contribution in [1.82, 2.24) is 10.2 Å². The van der Waals surface area contributed by atoms with Gasteiger partial charge in [0.25, 0.3) is 0 Å². The van der Waals surface area contributed by atoms with Crippen LogP contribution in [0.4, 0.5) is 8.78 Å². The molecule has 0 aliphatic heterocycles. The topological polar surface area (TPSA) is 47.9 Å². The van der Waals surface area contributed by atoms with Crippen LogP contribution in [0.3, 0.4) is 0 Å². The molecule has 0 saturated carbocycles. The molecule has 6 heteroatoms. The molecule has 134 valence electrons. The second kappa shape index (κ2) is 8.07. The molecule has 2 N–H and O–H groups in total. The van der Waals surface area contributed by atoms with Crippen molar-refractivity contribution >= 4 is 5.96 Å². The number of guanidine groups is 1. The minimum Gasteiger partial charge on any atom is -0.383 e. The van der Waals surface area contributed by atoms with Gasteiger partial charge in [-0.05, 0) is 18.6 Å². The van der Waals surface area contributed by atoms with Crippen LogP contribution in [0.25, 0.3) is 0 Å². The predicted octanol–water partition coefficient (Wildman–Crippen LogP) is 2.88. The Hall–Kier alpha value is -2.47. The fourth-order valence-corrected chi connectivity index (χ4v) is 2.38. The lowest BCUT2D eigenvalue weighted by Crippen LogP contribution is -2.44. The lowest BCUT2D eigenvalue weighted by molar-refractivity contribution is 0.0573. The summed E-state index contributed by atoms with van der Waals surface area (Å²) in [6.45, 7) is 1.98. The molecule has 0 saturated heterocycles. The van der Waals surface area contributed by atoms with E-state index in [1.54, 1.807) is 4.90 Å². The van der Waals surface area contributed by atoms with Crippen LogP contribution in [-0.4, -0.2) is 36.6 Å². The first-order valence-electron chi connectivity index (χ1n) is 7.97. The van der Waals surface area contributed by atoms with E-state index in [2.05, 4.69) is 10.3 Å². The normalized spacial score (nSPS) is 14.1. The quantitative estimate of drug-likeness (QED) is 0.646. The number of benzene rings is 2. The molecule has 0 aliphatic rings. The monoisotopic (exact) mass is 347 g/mol. The zero-order chi connectivity index (χ0) is 18.4. The van der Waals surface area contributed by atoms with Crippen LogP contribution in [0.15, 0.2) is 53.5 Å². The molecule has 0 aromatic heterocycles. The Kier molecular flexibility index (Phi) is 6.09. The number of hydrogen-bond donors (Lipinski definition) is 2. The molecule has 2 rings (SSSR count). The summed E-state index contributed by atoms with van der Waals surface area (Å²) in [4.78, 5) is 6.27. The lowest BCUT2D eigenvalue weighted by atomic mass is 9.95. The van der Waals surface area contributed by atoms with Crippen LogP contribution < -0.4 is 5.32 Å². The Balaban J connectivity index is 2.09. The van der Waals surface area contributed by atoms with E-state index in [0.29, 0.717) is 12.5 Å². The molecule has 25 heavy (non-hydrogen) atoms. The highest BCUT2D eigenvalue weighted by Gasteiger charge is 2.27. The summed E-state index contributed by atoms with van der Waals surface area (Å²) in [5.41, 5.74) is -0.427. The number of hydrogen-bond acceptors (Lipinski definition) is 2. The summed E-state index contributed by atoms with van der Waals surface area (Å²) >= 11 is 0. The first-order valence-corrected chi connectivity index (χ1v) is 7.97. The van der Waals surface area contributed by atoms with Gasteiger partial charge in [-0.25, -0.2) is 13.8 Å². The highest BCUT2D eigenvalue weighted by atomic mass is 19.1. The number of aliphatic imine (C=N–C) groups is 1. The van der Waals surface area contributed by atoms with Crippen molar-refractivity contribution in [3.8, 4) is 0 Å². The molecule has 0 amide bonds. The van der Waals surface area contributed by atoms with Gasteiger partial charge in [0.05, 0.1) is 13.1 Å². The van der Waals surface area contributed by atoms with Gasteiger partial charge in [-0.15, -0.1) is 0 Å². The molecule has 0 spiro atoms. The largest absolute Gasteiger partial charge is 0.383 e. The zero-order valence-electron chi connectivity index (χ0n) is 14.6. The van der Waals surface area contributed by atoms with Gasteiger partial charge in [-0.1, -0.05) is 36.4 Å². The summed E-state index contributed by atoms with van der Waals surface area (Å²) in [6.07, 6.45) is 0. The Bertz CT molecular complexity index is 731. The Morgan fingerprint density at radius 1 is 1.16 bits per heavy atom. The molecule has 1 unspecified atom stereocenters. The molecule has 2 aromatic carbocycles. The van der Waals surface area contributed by atoms with E-state index in [-0.39, 0.29) is 12.1 Å². The fraction of sp³-hybridized carbons (Fsp3) is 0.316. The maximum atomic E-state index is 13.9. The van der Waals surface area contributed by atoms with E-state index in [1.165, 1.54) is 13.0 Å². The third-order valence-corrected chi connectivity index (χ3v) is 3.78. The van der Waals surface area contributed by atoms with Gasteiger partial charge < -0.3 is 15.3 Å². The van der Waals surface area contributed by atoms with Gasteiger partial charge in [-0.2, -0.15) is 0 Å². The molecule has 4 nitrogen and oxygen atoms in total. The summed E-state index contributed by atoms with van der Waals surface area (Å²) in [5.74, 6) is -0.894. The van der Waals surface area contributed by atoms with E-state index in [1.807, 2.05) is 44.4 Å². The van der Waals surface area contributed by atoms with Crippen LogP contribution in [0.1, 0.15) is 18.1 Å². The van der Waals surface area contributed by atoms with Crippen molar-refractivity contribution in [1.29, 1.82) is 0 Å². The fourth-order valence-electron chi connectivity index (χ4n) is 2.38. The molecule has 0 heterocycles. The van der Waals surface area contributed by atoms with E-state index >= 15 is 0 Å². The SMILES string of the molecule is CN(C)C(=NCc1ccccc1)NCC(C)(O)c1ccc(F)cc1F. The number of aliphatic hydroxyl groups is 1. The highest BCUT2D eigenvalue weighted by molar-refractivity contribution is 5.79. The van der Waals surface area contributed by atoms with Crippen LogP contribution in [0.2, 0.25) is 0 Å². The summed E-state index contributed by atoms with van der Waals surface area (Å²) in [5, 5.41) is 13.6. The van der Waals surface area contributed by atoms with E-state index in [0.717, 1.165) is 17.7 Å². The maximum absolute atomic E-state index is 13.9. The first kappa shape index (κ1) is 18.9. The van der Waals surface area contributed by atoms with E-state index in [9.17, 15) is 13.9 Å². The third kappa shape index (κ3) is 5.26. The molecule has 0 bridgehead atoms.